The van der Waals surface area contributed by atoms with Gasteiger partial charge in [0.2, 0.25) is 5.91 Å². The molecule has 2 heterocycles. The summed E-state index contributed by atoms with van der Waals surface area (Å²) < 4.78 is 8.18. The highest BCUT2D eigenvalue weighted by Crippen LogP contribution is 2.20. The van der Waals surface area contributed by atoms with E-state index in [1.165, 1.54) is 4.68 Å². The van der Waals surface area contributed by atoms with E-state index in [2.05, 4.69) is 15.5 Å². The summed E-state index contributed by atoms with van der Waals surface area (Å²) in [7, 11) is 1.61. The van der Waals surface area contributed by atoms with Gasteiger partial charge in [0.25, 0.3) is 5.56 Å². The fourth-order valence-electron chi connectivity index (χ4n) is 3.43. The number of nitrogens with zero attached hydrogens (tertiary/aromatic N) is 4. The molecule has 0 saturated heterocycles. The maximum Gasteiger partial charge on any atom is 0.278 e. The van der Waals surface area contributed by atoms with Gasteiger partial charge in [-0.2, -0.15) is 10.2 Å². The molecule has 1 aromatic carbocycles. The Morgan fingerprint density at radius 3 is 2.34 bits per heavy atom. The summed E-state index contributed by atoms with van der Waals surface area (Å²) in [5.74, 6) is 0.472. The Morgan fingerprint density at radius 2 is 1.76 bits per heavy atom. The third-order valence-corrected chi connectivity index (χ3v) is 4.92. The van der Waals surface area contributed by atoms with E-state index in [9.17, 15) is 9.59 Å². The van der Waals surface area contributed by atoms with Crippen LogP contribution in [0.4, 0.5) is 0 Å². The number of fused-ring (bicyclic) bond motifs is 1. The maximum absolute atomic E-state index is 13.0. The third kappa shape index (κ3) is 4.01. The van der Waals surface area contributed by atoms with Gasteiger partial charge in [-0.05, 0) is 52.3 Å². The summed E-state index contributed by atoms with van der Waals surface area (Å²) in [6.07, 6.45) is 0. The van der Waals surface area contributed by atoms with Gasteiger partial charge >= 0.3 is 0 Å². The van der Waals surface area contributed by atoms with Crippen molar-refractivity contribution in [1.29, 1.82) is 0 Å². The van der Waals surface area contributed by atoms with Crippen molar-refractivity contribution in [3.8, 4) is 5.75 Å². The van der Waals surface area contributed by atoms with Crippen LogP contribution >= 0.6 is 0 Å². The van der Waals surface area contributed by atoms with E-state index < -0.39 is 0 Å². The first-order valence-corrected chi connectivity index (χ1v) is 9.62. The van der Waals surface area contributed by atoms with Crippen molar-refractivity contribution in [1.82, 2.24) is 24.9 Å². The van der Waals surface area contributed by atoms with Gasteiger partial charge in [0, 0.05) is 6.04 Å². The van der Waals surface area contributed by atoms with E-state index in [0.29, 0.717) is 16.8 Å². The first-order valence-electron chi connectivity index (χ1n) is 9.62. The van der Waals surface area contributed by atoms with Crippen LogP contribution in [0, 0.1) is 13.8 Å². The maximum atomic E-state index is 13.0. The largest absolute Gasteiger partial charge is 0.497 e. The van der Waals surface area contributed by atoms with Gasteiger partial charge in [0.05, 0.1) is 35.4 Å². The lowest BCUT2D eigenvalue weighted by Gasteiger charge is -2.15. The number of hydrogen-bond donors (Lipinski definition) is 1. The molecule has 1 unspecified atom stereocenters. The van der Waals surface area contributed by atoms with Crippen molar-refractivity contribution < 1.29 is 9.53 Å². The number of carbonyl (C=O) groups excluding carboxylic acids is 1. The van der Waals surface area contributed by atoms with Crippen LogP contribution in [0.15, 0.2) is 29.1 Å². The second-order valence-electron chi connectivity index (χ2n) is 7.46. The highest BCUT2D eigenvalue weighted by Gasteiger charge is 2.20. The number of amides is 1. The zero-order chi connectivity index (χ0) is 21.3. The van der Waals surface area contributed by atoms with E-state index in [4.69, 9.17) is 4.74 Å². The van der Waals surface area contributed by atoms with Crippen LogP contribution in [0.2, 0.25) is 0 Å². The quantitative estimate of drug-likeness (QED) is 0.691. The molecule has 8 heteroatoms. The summed E-state index contributed by atoms with van der Waals surface area (Å²) in [6, 6.07) is 7.38. The SMILES string of the molecule is COc1ccc(C(C)NC(=O)Cn2nc(C)c3c(c(C)nn3C(C)C)c2=O)cc1. The van der Waals surface area contributed by atoms with Gasteiger partial charge in [0.15, 0.2) is 0 Å². The predicted octanol–water partition coefficient (Wildman–Crippen LogP) is 2.68. The highest BCUT2D eigenvalue weighted by molar-refractivity contribution is 5.83. The van der Waals surface area contributed by atoms with E-state index in [1.807, 2.05) is 56.6 Å². The highest BCUT2D eigenvalue weighted by atomic mass is 16.5. The molecule has 0 spiro atoms. The Labute approximate surface area is 169 Å². The van der Waals surface area contributed by atoms with Crippen molar-refractivity contribution in [3.05, 3.63) is 51.6 Å². The summed E-state index contributed by atoms with van der Waals surface area (Å²) in [4.78, 5) is 25.5. The zero-order valence-electron chi connectivity index (χ0n) is 17.7. The number of aromatic nitrogens is 4. The molecule has 29 heavy (non-hydrogen) atoms. The van der Waals surface area contributed by atoms with Crippen molar-refractivity contribution in [3.63, 3.8) is 0 Å². The van der Waals surface area contributed by atoms with Crippen molar-refractivity contribution in [2.24, 2.45) is 0 Å². The number of hydrogen-bond acceptors (Lipinski definition) is 5. The Kier molecular flexibility index (Phi) is 5.72. The number of nitrogens with one attached hydrogen (secondary N) is 1. The monoisotopic (exact) mass is 397 g/mol. The van der Waals surface area contributed by atoms with Gasteiger partial charge < -0.3 is 10.1 Å². The van der Waals surface area contributed by atoms with Gasteiger partial charge in [0.1, 0.15) is 12.3 Å². The van der Waals surface area contributed by atoms with Crippen LogP contribution in [0.3, 0.4) is 0 Å². The molecule has 8 nitrogen and oxygen atoms in total. The van der Waals surface area contributed by atoms with Crippen molar-refractivity contribution in [2.45, 2.75) is 53.2 Å². The van der Waals surface area contributed by atoms with Gasteiger partial charge in [-0.25, -0.2) is 4.68 Å². The molecule has 0 fully saturated rings. The lowest BCUT2D eigenvalue weighted by atomic mass is 10.1. The molecular formula is C21H27N5O3. The molecule has 3 aromatic rings. The minimum atomic E-state index is -0.303. The molecule has 0 saturated carbocycles. The second kappa shape index (κ2) is 8.06. The van der Waals surface area contributed by atoms with Crippen LogP contribution in [0.5, 0.6) is 5.75 Å². The van der Waals surface area contributed by atoms with Crippen LogP contribution in [0.25, 0.3) is 10.9 Å². The normalized spacial score (nSPS) is 12.4. The Hall–Kier alpha value is -3.16. The topological polar surface area (TPSA) is 91.0 Å². The Bertz CT molecular complexity index is 1100. The molecule has 2 aromatic heterocycles. The number of methoxy groups -OCH3 is 1. The minimum absolute atomic E-state index is 0.107. The van der Waals surface area contributed by atoms with Gasteiger partial charge in [-0.15, -0.1) is 0 Å². The summed E-state index contributed by atoms with van der Waals surface area (Å²) >= 11 is 0. The van der Waals surface area contributed by atoms with Crippen LogP contribution in [0.1, 0.15) is 49.8 Å². The number of aryl methyl sites for hydroxylation is 2. The van der Waals surface area contributed by atoms with E-state index in [-0.39, 0.29) is 30.1 Å². The Morgan fingerprint density at radius 1 is 1.10 bits per heavy atom. The van der Waals surface area contributed by atoms with E-state index in [0.717, 1.165) is 16.8 Å². The summed E-state index contributed by atoms with van der Waals surface area (Å²) in [6.45, 7) is 9.38. The molecule has 1 amide bonds. The molecule has 3 rings (SSSR count). The summed E-state index contributed by atoms with van der Waals surface area (Å²) in [5, 5.41) is 12.3. The van der Waals surface area contributed by atoms with Gasteiger partial charge in [-0.3, -0.25) is 14.3 Å². The molecule has 0 bridgehead atoms. The molecular weight excluding hydrogens is 370 g/mol. The van der Waals surface area contributed by atoms with Crippen molar-refractivity contribution >= 4 is 16.8 Å². The van der Waals surface area contributed by atoms with E-state index in [1.54, 1.807) is 14.0 Å². The summed E-state index contributed by atoms with van der Waals surface area (Å²) in [5.41, 5.74) is 2.68. The molecule has 0 aliphatic rings. The molecule has 0 aliphatic carbocycles. The molecule has 0 radical (unpaired) electrons. The average molecular weight is 397 g/mol. The number of benzene rings is 1. The fourth-order valence-corrected chi connectivity index (χ4v) is 3.43. The second-order valence-corrected chi connectivity index (χ2v) is 7.46. The lowest BCUT2D eigenvalue weighted by molar-refractivity contribution is -0.122. The zero-order valence-corrected chi connectivity index (χ0v) is 17.7. The van der Waals surface area contributed by atoms with Crippen LogP contribution in [-0.2, 0) is 11.3 Å². The standard InChI is InChI=1S/C21H27N5O3/c1-12(2)26-20-15(5)23-25(21(28)19(20)14(4)24-26)11-18(27)22-13(3)16-7-9-17(29-6)10-8-16/h7-10,12-13H,11H2,1-6H3,(H,22,27). The predicted molar refractivity (Wildman–Crippen MR) is 111 cm³/mol. The fraction of sp³-hybridized carbons (Fsp3) is 0.429. The average Bonchev–Trinajstić information content (AvgIpc) is 3.04. The molecule has 0 aliphatic heterocycles. The van der Waals surface area contributed by atoms with Crippen LogP contribution in [-0.4, -0.2) is 32.6 Å². The Balaban J connectivity index is 1.84. The first-order chi connectivity index (χ1) is 13.7. The van der Waals surface area contributed by atoms with Gasteiger partial charge in [-0.1, -0.05) is 12.1 Å². The number of rotatable bonds is 6. The van der Waals surface area contributed by atoms with Crippen molar-refractivity contribution in [2.75, 3.05) is 7.11 Å². The first kappa shape index (κ1) is 20.6. The number of carbonyl (C=O) groups is 1. The number of ether oxygens (including phenoxy) is 1. The lowest BCUT2D eigenvalue weighted by Crippen LogP contribution is -2.35. The molecule has 154 valence electrons. The minimum Gasteiger partial charge on any atom is -0.497 e. The molecule has 1 N–H and O–H groups in total. The molecule has 1 atom stereocenters. The smallest absolute Gasteiger partial charge is 0.278 e. The van der Waals surface area contributed by atoms with Crippen LogP contribution < -0.4 is 15.6 Å². The van der Waals surface area contributed by atoms with E-state index >= 15 is 0 Å². The third-order valence-electron chi connectivity index (χ3n) is 4.92.